The standard InChI is InChI=1S/C23H22N4O3S/c28-19(18-10-5-2-6-11-18)14-24-21(29)16-31-23-26-25-22(20-12-7-13-30-20)27(23)15-17-8-3-1-4-9-17/h1-13,19,28H,14-16H2,(H,24,29). The highest BCUT2D eigenvalue weighted by molar-refractivity contribution is 7.99. The highest BCUT2D eigenvalue weighted by Gasteiger charge is 2.18. The van der Waals surface area contributed by atoms with E-state index in [-0.39, 0.29) is 18.2 Å². The van der Waals surface area contributed by atoms with Crippen LogP contribution in [0.15, 0.2) is 88.6 Å². The fraction of sp³-hybridized carbons (Fsp3) is 0.174. The summed E-state index contributed by atoms with van der Waals surface area (Å²) in [6.45, 7) is 0.707. The molecule has 0 spiro atoms. The molecule has 2 N–H and O–H groups in total. The number of hydrogen-bond acceptors (Lipinski definition) is 6. The summed E-state index contributed by atoms with van der Waals surface area (Å²) in [6, 6.07) is 22.8. The van der Waals surface area contributed by atoms with Crippen molar-refractivity contribution >= 4 is 17.7 Å². The molecule has 1 amide bonds. The van der Waals surface area contributed by atoms with Gasteiger partial charge in [0.05, 0.1) is 24.7 Å². The second kappa shape index (κ2) is 10.1. The molecule has 0 aliphatic heterocycles. The zero-order valence-corrected chi connectivity index (χ0v) is 17.5. The molecule has 2 aromatic carbocycles. The normalized spacial score (nSPS) is 11.9. The molecule has 2 heterocycles. The number of nitrogens with one attached hydrogen (secondary N) is 1. The van der Waals surface area contributed by atoms with Crippen LogP contribution in [-0.2, 0) is 11.3 Å². The molecule has 1 unspecified atom stereocenters. The Morgan fingerprint density at radius 1 is 1.03 bits per heavy atom. The predicted molar refractivity (Wildman–Crippen MR) is 118 cm³/mol. The molecule has 4 aromatic rings. The van der Waals surface area contributed by atoms with Crippen LogP contribution < -0.4 is 5.32 Å². The van der Waals surface area contributed by atoms with Crippen molar-refractivity contribution in [3.05, 3.63) is 90.2 Å². The van der Waals surface area contributed by atoms with Crippen LogP contribution in [0.1, 0.15) is 17.2 Å². The van der Waals surface area contributed by atoms with E-state index in [1.807, 2.05) is 71.3 Å². The van der Waals surface area contributed by atoms with Crippen molar-refractivity contribution in [2.24, 2.45) is 0 Å². The fourth-order valence-corrected chi connectivity index (χ4v) is 3.84. The van der Waals surface area contributed by atoms with Crippen LogP contribution in [-0.4, -0.2) is 38.1 Å². The van der Waals surface area contributed by atoms with E-state index in [4.69, 9.17) is 4.42 Å². The minimum Gasteiger partial charge on any atom is -0.461 e. The molecule has 0 aliphatic carbocycles. The lowest BCUT2D eigenvalue weighted by Crippen LogP contribution is -2.29. The number of nitrogens with zero attached hydrogens (tertiary/aromatic N) is 3. The van der Waals surface area contributed by atoms with Crippen molar-refractivity contribution in [2.45, 2.75) is 17.8 Å². The highest BCUT2D eigenvalue weighted by atomic mass is 32.2. The van der Waals surface area contributed by atoms with Gasteiger partial charge in [-0.2, -0.15) is 0 Å². The number of aliphatic hydroxyl groups excluding tert-OH is 1. The zero-order valence-electron chi connectivity index (χ0n) is 16.7. The summed E-state index contributed by atoms with van der Waals surface area (Å²) >= 11 is 1.29. The summed E-state index contributed by atoms with van der Waals surface area (Å²) in [5.74, 6) is 1.20. The number of amides is 1. The Labute approximate surface area is 184 Å². The van der Waals surface area contributed by atoms with E-state index in [1.54, 1.807) is 12.3 Å². The molecule has 158 valence electrons. The van der Waals surface area contributed by atoms with Gasteiger partial charge in [-0.15, -0.1) is 10.2 Å². The van der Waals surface area contributed by atoms with Gasteiger partial charge in [-0.3, -0.25) is 9.36 Å². The van der Waals surface area contributed by atoms with Crippen molar-refractivity contribution in [1.29, 1.82) is 0 Å². The van der Waals surface area contributed by atoms with Gasteiger partial charge in [-0.05, 0) is 23.3 Å². The lowest BCUT2D eigenvalue weighted by molar-refractivity contribution is -0.119. The third-order valence-corrected chi connectivity index (χ3v) is 5.62. The smallest absolute Gasteiger partial charge is 0.230 e. The van der Waals surface area contributed by atoms with Gasteiger partial charge in [0.25, 0.3) is 0 Å². The summed E-state index contributed by atoms with van der Waals surface area (Å²) in [5.41, 5.74) is 1.86. The number of carbonyl (C=O) groups is 1. The van der Waals surface area contributed by atoms with Crippen LogP contribution in [0.2, 0.25) is 0 Å². The van der Waals surface area contributed by atoms with Crippen LogP contribution in [0.3, 0.4) is 0 Å². The lowest BCUT2D eigenvalue weighted by Gasteiger charge is -2.12. The number of carbonyl (C=O) groups excluding carboxylic acids is 1. The summed E-state index contributed by atoms with van der Waals surface area (Å²) in [4.78, 5) is 12.3. The maximum Gasteiger partial charge on any atom is 0.230 e. The van der Waals surface area contributed by atoms with Crippen LogP contribution in [0.5, 0.6) is 0 Å². The van der Waals surface area contributed by atoms with Crippen LogP contribution in [0.25, 0.3) is 11.6 Å². The van der Waals surface area contributed by atoms with Crippen molar-refractivity contribution in [3.8, 4) is 11.6 Å². The van der Waals surface area contributed by atoms with Gasteiger partial charge >= 0.3 is 0 Å². The Morgan fingerprint density at radius 2 is 1.77 bits per heavy atom. The average molecular weight is 435 g/mol. The summed E-state index contributed by atoms with van der Waals surface area (Å²) in [6.07, 6.45) is 0.845. The van der Waals surface area contributed by atoms with Crippen molar-refractivity contribution < 1.29 is 14.3 Å². The number of aromatic nitrogens is 3. The van der Waals surface area contributed by atoms with E-state index in [9.17, 15) is 9.90 Å². The highest BCUT2D eigenvalue weighted by Crippen LogP contribution is 2.25. The fourth-order valence-electron chi connectivity index (χ4n) is 3.08. The number of aliphatic hydroxyl groups is 1. The van der Waals surface area contributed by atoms with E-state index in [2.05, 4.69) is 15.5 Å². The molecular weight excluding hydrogens is 412 g/mol. The van der Waals surface area contributed by atoms with Crippen molar-refractivity contribution in [2.75, 3.05) is 12.3 Å². The van der Waals surface area contributed by atoms with Gasteiger partial charge in [0.15, 0.2) is 10.9 Å². The van der Waals surface area contributed by atoms with Gasteiger partial charge in [0.2, 0.25) is 11.7 Å². The molecule has 0 aliphatic rings. The molecule has 1 atom stereocenters. The first-order valence-corrected chi connectivity index (χ1v) is 10.8. The maximum absolute atomic E-state index is 12.3. The first-order chi connectivity index (χ1) is 15.2. The molecule has 0 saturated heterocycles. The second-order valence-electron chi connectivity index (χ2n) is 6.87. The maximum atomic E-state index is 12.3. The monoisotopic (exact) mass is 434 g/mol. The molecule has 4 rings (SSSR count). The Morgan fingerprint density at radius 3 is 2.48 bits per heavy atom. The third-order valence-electron chi connectivity index (χ3n) is 4.65. The van der Waals surface area contributed by atoms with E-state index in [0.717, 1.165) is 11.1 Å². The average Bonchev–Trinajstić information content (AvgIpc) is 3.47. The van der Waals surface area contributed by atoms with Gasteiger partial charge in [0.1, 0.15) is 0 Å². The molecule has 0 bridgehead atoms. The van der Waals surface area contributed by atoms with E-state index in [0.29, 0.717) is 23.3 Å². The van der Waals surface area contributed by atoms with Gasteiger partial charge in [0, 0.05) is 6.54 Å². The number of hydrogen-bond donors (Lipinski definition) is 2. The quantitative estimate of drug-likeness (QED) is 0.392. The van der Waals surface area contributed by atoms with Crippen molar-refractivity contribution in [1.82, 2.24) is 20.1 Å². The summed E-state index contributed by atoms with van der Waals surface area (Å²) < 4.78 is 7.44. The summed E-state index contributed by atoms with van der Waals surface area (Å²) in [7, 11) is 0. The SMILES string of the molecule is O=C(CSc1nnc(-c2ccco2)n1Cc1ccccc1)NCC(O)c1ccccc1. The van der Waals surface area contributed by atoms with Gasteiger partial charge in [-0.1, -0.05) is 72.4 Å². The Bertz CT molecular complexity index is 1100. The topological polar surface area (TPSA) is 93.2 Å². The molecule has 31 heavy (non-hydrogen) atoms. The Kier molecular flexibility index (Phi) is 6.81. The number of benzene rings is 2. The first kappa shape index (κ1) is 20.9. The largest absolute Gasteiger partial charge is 0.461 e. The summed E-state index contributed by atoms with van der Waals surface area (Å²) in [5, 5.41) is 22.1. The van der Waals surface area contributed by atoms with E-state index >= 15 is 0 Å². The predicted octanol–water partition coefficient (Wildman–Crippen LogP) is 3.53. The van der Waals surface area contributed by atoms with Gasteiger partial charge < -0.3 is 14.8 Å². The van der Waals surface area contributed by atoms with E-state index < -0.39 is 6.10 Å². The third kappa shape index (κ3) is 5.42. The van der Waals surface area contributed by atoms with Crippen LogP contribution in [0.4, 0.5) is 0 Å². The molecular formula is C23H22N4O3S. The molecule has 7 nitrogen and oxygen atoms in total. The van der Waals surface area contributed by atoms with E-state index in [1.165, 1.54) is 11.8 Å². The first-order valence-electron chi connectivity index (χ1n) is 9.84. The molecule has 2 aromatic heterocycles. The lowest BCUT2D eigenvalue weighted by atomic mass is 10.1. The Hall–Kier alpha value is -3.36. The second-order valence-corrected chi connectivity index (χ2v) is 7.82. The minimum atomic E-state index is -0.748. The Balaban J connectivity index is 1.41. The molecule has 0 fully saturated rings. The molecule has 0 saturated carbocycles. The van der Waals surface area contributed by atoms with Gasteiger partial charge in [-0.25, -0.2) is 0 Å². The number of rotatable bonds is 9. The minimum absolute atomic E-state index is 0.151. The molecule has 0 radical (unpaired) electrons. The van der Waals surface area contributed by atoms with Crippen LogP contribution in [0, 0.1) is 0 Å². The number of thioether (sulfide) groups is 1. The zero-order chi connectivity index (χ0) is 21.5. The number of furan rings is 1. The van der Waals surface area contributed by atoms with Crippen LogP contribution >= 0.6 is 11.8 Å². The molecule has 8 heteroatoms. The van der Waals surface area contributed by atoms with Crippen molar-refractivity contribution in [3.63, 3.8) is 0 Å².